The highest BCUT2D eigenvalue weighted by molar-refractivity contribution is 7.92. The summed E-state index contributed by atoms with van der Waals surface area (Å²) in [5.74, 6) is -0.366. The van der Waals surface area contributed by atoms with Crippen LogP contribution in [-0.4, -0.2) is 51.1 Å². The van der Waals surface area contributed by atoms with Crippen LogP contribution in [0.5, 0.6) is 0 Å². The number of likely N-dealkylation sites (tertiary alicyclic amines) is 1. The predicted octanol–water partition coefficient (Wildman–Crippen LogP) is 1.47. The second-order valence-corrected chi connectivity index (χ2v) is 7.81. The first-order chi connectivity index (χ1) is 11.3. The molecule has 1 fully saturated rings. The van der Waals surface area contributed by atoms with Crippen LogP contribution in [0.15, 0.2) is 24.3 Å². The minimum atomic E-state index is -3.52. The summed E-state index contributed by atoms with van der Waals surface area (Å²) >= 11 is 0. The van der Waals surface area contributed by atoms with Crippen molar-refractivity contribution >= 4 is 27.6 Å². The van der Waals surface area contributed by atoms with Gasteiger partial charge in [-0.1, -0.05) is 19.1 Å². The highest BCUT2D eigenvalue weighted by Crippen LogP contribution is 2.18. The average Bonchev–Trinajstić information content (AvgIpc) is 2.52. The van der Waals surface area contributed by atoms with E-state index in [1.165, 1.54) is 12.1 Å². The lowest BCUT2D eigenvalue weighted by atomic mass is 9.99. The van der Waals surface area contributed by atoms with E-state index >= 15 is 0 Å². The first-order valence-corrected chi connectivity index (χ1v) is 9.67. The van der Waals surface area contributed by atoms with E-state index in [0.29, 0.717) is 19.0 Å². The van der Waals surface area contributed by atoms with Crippen LogP contribution in [0.25, 0.3) is 0 Å². The quantitative estimate of drug-likeness (QED) is 0.809. The number of anilines is 1. The van der Waals surface area contributed by atoms with Gasteiger partial charge in [0.05, 0.1) is 17.5 Å². The van der Waals surface area contributed by atoms with Gasteiger partial charge in [0.2, 0.25) is 10.0 Å². The summed E-state index contributed by atoms with van der Waals surface area (Å²) in [7, 11) is -3.52. The minimum Gasteiger partial charge on any atom is -0.452 e. The molecule has 1 amide bonds. The molecule has 0 saturated carbocycles. The van der Waals surface area contributed by atoms with Gasteiger partial charge in [-0.2, -0.15) is 0 Å². The topological polar surface area (TPSA) is 92.8 Å². The molecule has 2 rings (SSSR count). The van der Waals surface area contributed by atoms with E-state index in [-0.39, 0.29) is 23.8 Å². The van der Waals surface area contributed by atoms with Gasteiger partial charge in [-0.25, -0.2) is 13.2 Å². The molecule has 1 aromatic carbocycles. The standard InChI is InChI=1S/C16H22N2O5S/c1-12-7-9-18(10-8-12)15(19)11-23-16(20)13-5-3-4-6-14(13)17-24(2,21)22/h3-6,12,17H,7-11H2,1-2H3. The number of esters is 1. The number of para-hydroxylation sites is 1. The van der Waals surface area contributed by atoms with Crippen molar-refractivity contribution in [2.24, 2.45) is 5.92 Å². The fourth-order valence-corrected chi connectivity index (χ4v) is 3.08. The molecule has 0 aromatic heterocycles. The fraction of sp³-hybridized carbons (Fsp3) is 0.500. The molecule has 8 heteroatoms. The van der Waals surface area contributed by atoms with Crippen molar-refractivity contribution in [1.29, 1.82) is 0 Å². The normalized spacial score (nSPS) is 15.8. The number of nitrogens with zero attached hydrogens (tertiary/aromatic N) is 1. The zero-order valence-corrected chi connectivity index (χ0v) is 14.6. The van der Waals surface area contributed by atoms with E-state index in [2.05, 4.69) is 11.6 Å². The van der Waals surface area contributed by atoms with Crippen molar-refractivity contribution in [3.05, 3.63) is 29.8 Å². The third-order valence-electron chi connectivity index (χ3n) is 3.91. The molecule has 1 heterocycles. The van der Waals surface area contributed by atoms with Crippen LogP contribution >= 0.6 is 0 Å². The highest BCUT2D eigenvalue weighted by Gasteiger charge is 2.22. The molecule has 0 unspecified atom stereocenters. The number of carbonyl (C=O) groups is 2. The van der Waals surface area contributed by atoms with E-state index in [0.717, 1.165) is 19.1 Å². The fourth-order valence-electron chi connectivity index (χ4n) is 2.50. The maximum Gasteiger partial charge on any atom is 0.340 e. The molecule has 24 heavy (non-hydrogen) atoms. The number of nitrogens with one attached hydrogen (secondary N) is 1. The summed E-state index contributed by atoms with van der Waals surface area (Å²) in [5.41, 5.74) is 0.201. The Hall–Kier alpha value is -2.09. The summed E-state index contributed by atoms with van der Waals surface area (Å²) in [5, 5.41) is 0. The largest absolute Gasteiger partial charge is 0.452 e. The molecule has 1 saturated heterocycles. The van der Waals surface area contributed by atoms with Crippen molar-refractivity contribution in [2.45, 2.75) is 19.8 Å². The molecule has 1 aromatic rings. The van der Waals surface area contributed by atoms with Crippen molar-refractivity contribution in [1.82, 2.24) is 4.90 Å². The summed E-state index contributed by atoms with van der Waals surface area (Å²) in [6.45, 7) is 3.14. The Morgan fingerprint density at radius 2 is 1.88 bits per heavy atom. The van der Waals surface area contributed by atoms with Gasteiger partial charge in [0.1, 0.15) is 0 Å². The third kappa shape index (κ3) is 5.23. The second kappa shape index (κ2) is 7.65. The van der Waals surface area contributed by atoms with Gasteiger partial charge in [-0.15, -0.1) is 0 Å². The Bertz CT molecular complexity index is 709. The Balaban J connectivity index is 1.96. The molecule has 132 valence electrons. The number of hydrogen-bond donors (Lipinski definition) is 1. The van der Waals surface area contributed by atoms with Crippen LogP contribution in [0, 0.1) is 5.92 Å². The van der Waals surface area contributed by atoms with Crippen molar-refractivity contribution in [3.63, 3.8) is 0 Å². The first kappa shape index (κ1) is 18.3. The second-order valence-electron chi connectivity index (χ2n) is 6.06. The zero-order valence-electron chi connectivity index (χ0n) is 13.8. The monoisotopic (exact) mass is 354 g/mol. The minimum absolute atomic E-state index is 0.0722. The number of rotatable bonds is 5. The van der Waals surface area contributed by atoms with Crippen LogP contribution in [0.2, 0.25) is 0 Å². The average molecular weight is 354 g/mol. The van der Waals surface area contributed by atoms with E-state index < -0.39 is 16.0 Å². The van der Waals surface area contributed by atoms with Gasteiger partial charge in [0.15, 0.2) is 6.61 Å². The van der Waals surface area contributed by atoms with Gasteiger partial charge in [0.25, 0.3) is 5.91 Å². The van der Waals surface area contributed by atoms with Crippen LogP contribution in [0.3, 0.4) is 0 Å². The number of amides is 1. The lowest BCUT2D eigenvalue weighted by Gasteiger charge is -2.30. The van der Waals surface area contributed by atoms with Crippen LogP contribution in [-0.2, 0) is 19.6 Å². The Labute approximate surface area is 142 Å². The number of benzene rings is 1. The number of piperidine rings is 1. The molecule has 0 spiro atoms. The van der Waals surface area contributed by atoms with E-state index in [1.807, 2.05) is 0 Å². The molecule has 0 bridgehead atoms. The van der Waals surface area contributed by atoms with Gasteiger partial charge in [0, 0.05) is 13.1 Å². The van der Waals surface area contributed by atoms with E-state index in [9.17, 15) is 18.0 Å². The Morgan fingerprint density at radius 3 is 2.50 bits per heavy atom. The molecule has 1 N–H and O–H groups in total. The summed E-state index contributed by atoms with van der Waals surface area (Å²) in [6, 6.07) is 6.11. The Morgan fingerprint density at radius 1 is 1.25 bits per heavy atom. The maximum absolute atomic E-state index is 12.2. The Kier molecular flexibility index (Phi) is 5.82. The highest BCUT2D eigenvalue weighted by atomic mass is 32.2. The van der Waals surface area contributed by atoms with Crippen LogP contribution < -0.4 is 4.72 Å². The molecular weight excluding hydrogens is 332 g/mol. The molecule has 0 atom stereocenters. The number of ether oxygens (including phenoxy) is 1. The lowest BCUT2D eigenvalue weighted by Crippen LogP contribution is -2.40. The van der Waals surface area contributed by atoms with E-state index in [4.69, 9.17) is 4.74 Å². The molecule has 7 nitrogen and oxygen atoms in total. The molecular formula is C16H22N2O5S. The van der Waals surface area contributed by atoms with Crippen LogP contribution in [0.4, 0.5) is 5.69 Å². The summed E-state index contributed by atoms with van der Waals surface area (Å²) < 4.78 is 30.0. The molecule has 1 aliphatic rings. The SMILES string of the molecule is CC1CCN(C(=O)COC(=O)c2ccccc2NS(C)(=O)=O)CC1. The first-order valence-electron chi connectivity index (χ1n) is 7.78. The summed E-state index contributed by atoms with van der Waals surface area (Å²) in [6.07, 6.45) is 2.89. The third-order valence-corrected chi connectivity index (χ3v) is 4.50. The van der Waals surface area contributed by atoms with Crippen LogP contribution in [0.1, 0.15) is 30.1 Å². The smallest absolute Gasteiger partial charge is 0.340 e. The molecule has 0 aliphatic carbocycles. The molecule has 0 radical (unpaired) electrons. The van der Waals surface area contributed by atoms with Crippen molar-refractivity contribution in [2.75, 3.05) is 30.7 Å². The zero-order chi connectivity index (χ0) is 17.7. The van der Waals surface area contributed by atoms with Gasteiger partial charge in [-0.05, 0) is 30.9 Å². The number of carbonyl (C=O) groups excluding carboxylic acids is 2. The number of hydrogen-bond acceptors (Lipinski definition) is 5. The number of sulfonamides is 1. The lowest BCUT2D eigenvalue weighted by molar-refractivity contribution is -0.135. The van der Waals surface area contributed by atoms with Gasteiger partial charge >= 0.3 is 5.97 Å². The maximum atomic E-state index is 12.2. The van der Waals surface area contributed by atoms with Gasteiger partial charge in [-0.3, -0.25) is 9.52 Å². The van der Waals surface area contributed by atoms with Crippen molar-refractivity contribution < 1.29 is 22.7 Å². The summed E-state index contributed by atoms with van der Waals surface area (Å²) in [4.78, 5) is 25.9. The van der Waals surface area contributed by atoms with Gasteiger partial charge < -0.3 is 9.64 Å². The van der Waals surface area contributed by atoms with Crippen molar-refractivity contribution in [3.8, 4) is 0 Å². The predicted molar refractivity (Wildman–Crippen MR) is 90.2 cm³/mol. The molecule has 1 aliphatic heterocycles. The van der Waals surface area contributed by atoms with E-state index in [1.54, 1.807) is 17.0 Å².